The van der Waals surface area contributed by atoms with E-state index < -0.39 is 39.0 Å². The van der Waals surface area contributed by atoms with E-state index >= 15 is 0 Å². The van der Waals surface area contributed by atoms with Gasteiger partial charge in [-0.1, -0.05) is 11.6 Å². The second kappa shape index (κ2) is 8.81. The van der Waals surface area contributed by atoms with E-state index in [0.717, 1.165) is 5.57 Å². The maximum Gasteiger partial charge on any atom is 0.469 e. The number of nitrogens with zero attached hydrogens (tertiary/aromatic N) is 4. The zero-order valence-corrected chi connectivity index (χ0v) is 16.3. The number of phosphoric acid groups is 1. The minimum atomic E-state index is -4.75. The van der Waals surface area contributed by atoms with Crippen LogP contribution in [-0.4, -0.2) is 82.7 Å². The van der Waals surface area contributed by atoms with Crippen LogP contribution in [0.25, 0.3) is 11.2 Å². The molecule has 0 aliphatic carbocycles. The number of nitrogens with one attached hydrogen (secondary N) is 1. The molecule has 160 valence electrons. The summed E-state index contributed by atoms with van der Waals surface area (Å²) in [6.45, 7) is 1.52. The Labute approximate surface area is 164 Å². The van der Waals surface area contributed by atoms with Gasteiger partial charge in [0.05, 0.1) is 19.5 Å². The lowest BCUT2D eigenvalue weighted by atomic mass is 10.1. The Morgan fingerprint density at radius 1 is 1.34 bits per heavy atom. The highest BCUT2D eigenvalue weighted by atomic mass is 31.2. The summed E-state index contributed by atoms with van der Waals surface area (Å²) in [5, 5.41) is 32.5. The first-order valence-electron chi connectivity index (χ1n) is 8.61. The summed E-state index contributed by atoms with van der Waals surface area (Å²) in [7, 11) is -4.75. The van der Waals surface area contributed by atoms with E-state index in [-0.39, 0.29) is 6.61 Å². The van der Waals surface area contributed by atoms with E-state index in [1.807, 2.05) is 0 Å². The second-order valence-corrected chi connectivity index (χ2v) is 7.71. The molecule has 0 amide bonds. The van der Waals surface area contributed by atoms with Gasteiger partial charge in [0.25, 0.3) is 0 Å². The Balaban J connectivity index is 1.80. The van der Waals surface area contributed by atoms with Gasteiger partial charge >= 0.3 is 7.82 Å². The summed E-state index contributed by atoms with van der Waals surface area (Å²) in [4.78, 5) is 30.1. The van der Waals surface area contributed by atoms with Gasteiger partial charge < -0.3 is 35.2 Å². The molecular weight excluding hydrogens is 409 g/mol. The van der Waals surface area contributed by atoms with Crippen LogP contribution in [0.5, 0.6) is 0 Å². The van der Waals surface area contributed by atoms with E-state index in [9.17, 15) is 14.8 Å². The minimum absolute atomic E-state index is 0.0539. The van der Waals surface area contributed by atoms with Crippen LogP contribution in [0.4, 0.5) is 5.82 Å². The van der Waals surface area contributed by atoms with Crippen molar-refractivity contribution in [1.29, 1.82) is 0 Å². The van der Waals surface area contributed by atoms with Crippen LogP contribution in [0, 0.1) is 0 Å². The van der Waals surface area contributed by atoms with Crippen molar-refractivity contribution < 1.29 is 38.9 Å². The number of hydrogen-bond donors (Lipinski definition) is 6. The zero-order valence-electron chi connectivity index (χ0n) is 15.4. The highest BCUT2D eigenvalue weighted by Crippen LogP contribution is 2.38. The normalized spacial score (nSPS) is 25.7. The molecule has 1 fully saturated rings. The Bertz CT molecular complexity index is 931. The van der Waals surface area contributed by atoms with Gasteiger partial charge in [-0.25, -0.2) is 19.5 Å². The molecule has 2 aromatic heterocycles. The predicted molar refractivity (Wildman–Crippen MR) is 98.6 cm³/mol. The summed E-state index contributed by atoms with van der Waals surface area (Å²) in [6, 6.07) is 0. The van der Waals surface area contributed by atoms with Crippen molar-refractivity contribution in [2.45, 2.75) is 31.5 Å². The Morgan fingerprint density at radius 3 is 2.79 bits per heavy atom. The number of phosphoric ester groups is 1. The van der Waals surface area contributed by atoms with Crippen molar-refractivity contribution in [2.24, 2.45) is 0 Å². The minimum Gasteiger partial charge on any atom is -0.392 e. The van der Waals surface area contributed by atoms with Gasteiger partial charge in [-0.05, 0) is 6.92 Å². The van der Waals surface area contributed by atoms with Crippen molar-refractivity contribution in [3.8, 4) is 0 Å². The third kappa shape index (κ3) is 4.97. The first-order chi connectivity index (χ1) is 13.7. The third-order valence-electron chi connectivity index (χ3n) is 4.35. The Kier molecular flexibility index (Phi) is 6.61. The summed E-state index contributed by atoms with van der Waals surface area (Å²) in [5.41, 5.74) is 1.49. The summed E-state index contributed by atoms with van der Waals surface area (Å²) < 4.78 is 22.2. The molecule has 6 N–H and O–H groups in total. The molecule has 1 aliphatic heterocycles. The number of fused-ring (bicyclic) bond motifs is 1. The molecule has 3 heterocycles. The fraction of sp³-hybridized carbons (Fsp3) is 0.533. The number of aliphatic hydroxyl groups excluding tert-OH is 3. The fourth-order valence-electron chi connectivity index (χ4n) is 2.82. The van der Waals surface area contributed by atoms with Gasteiger partial charge in [0, 0.05) is 6.54 Å². The predicted octanol–water partition coefficient (Wildman–Crippen LogP) is -1.09. The van der Waals surface area contributed by atoms with Gasteiger partial charge in [0.15, 0.2) is 23.2 Å². The molecule has 0 radical (unpaired) electrons. The lowest BCUT2D eigenvalue weighted by molar-refractivity contribution is -0.0504. The molecule has 0 unspecified atom stereocenters. The lowest BCUT2D eigenvalue weighted by Gasteiger charge is -2.16. The molecule has 0 aromatic carbocycles. The molecule has 14 heteroatoms. The molecular formula is C15H22N5O8P. The van der Waals surface area contributed by atoms with Crippen LogP contribution in [0.3, 0.4) is 0 Å². The van der Waals surface area contributed by atoms with Gasteiger partial charge in [-0.2, -0.15) is 0 Å². The van der Waals surface area contributed by atoms with Crippen LogP contribution in [-0.2, 0) is 13.8 Å². The molecule has 0 saturated carbocycles. The number of aliphatic hydroxyl groups is 3. The molecule has 1 aliphatic rings. The maximum absolute atomic E-state index is 10.9. The van der Waals surface area contributed by atoms with Crippen LogP contribution in [0.2, 0.25) is 0 Å². The quantitative estimate of drug-likeness (QED) is 0.219. The number of imidazole rings is 1. The van der Waals surface area contributed by atoms with Crippen molar-refractivity contribution >= 4 is 24.8 Å². The smallest absolute Gasteiger partial charge is 0.392 e. The van der Waals surface area contributed by atoms with Gasteiger partial charge in [-0.3, -0.25) is 9.09 Å². The van der Waals surface area contributed by atoms with E-state index in [1.165, 1.54) is 17.2 Å². The highest BCUT2D eigenvalue weighted by molar-refractivity contribution is 7.46. The van der Waals surface area contributed by atoms with E-state index in [0.29, 0.717) is 23.5 Å². The van der Waals surface area contributed by atoms with Crippen LogP contribution < -0.4 is 5.32 Å². The number of hydrogen-bond acceptors (Lipinski definition) is 10. The average Bonchev–Trinajstić information content (AvgIpc) is 3.22. The summed E-state index contributed by atoms with van der Waals surface area (Å²) in [6.07, 6.45) is -0.666. The molecule has 0 spiro atoms. The van der Waals surface area contributed by atoms with E-state index in [4.69, 9.17) is 19.6 Å². The molecule has 29 heavy (non-hydrogen) atoms. The molecule has 13 nitrogen and oxygen atoms in total. The average molecular weight is 431 g/mol. The zero-order chi connectivity index (χ0) is 21.2. The standard InChI is InChI=1S/C15H22N5O8P/c1-8(4-21)2-3-16-13-10-14(18-6-17-13)20(7-19-10)15-12(23)11(22)9(28-15)5-27-29(24,25)26/h2,6-7,9,11-12,15,21-23H,3-5H2,1H3,(H,16,17,18)(H2,24,25,26)/b8-2-/t9-,11-,12-,15-/m1/s1. The fourth-order valence-corrected chi connectivity index (χ4v) is 3.16. The summed E-state index contributed by atoms with van der Waals surface area (Å²) in [5.74, 6) is 0.421. The largest absolute Gasteiger partial charge is 0.469 e. The first kappa shape index (κ1) is 21.7. The molecule has 0 bridgehead atoms. The molecule has 3 rings (SSSR count). The van der Waals surface area contributed by atoms with Crippen molar-refractivity contribution in [3.05, 3.63) is 24.3 Å². The highest BCUT2D eigenvalue weighted by Gasteiger charge is 2.45. The van der Waals surface area contributed by atoms with Gasteiger partial charge in [0.2, 0.25) is 0 Å². The van der Waals surface area contributed by atoms with Crippen molar-refractivity contribution in [1.82, 2.24) is 19.5 Å². The Hall–Kier alpha value is -1.96. The van der Waals surface area contributed by atoms with E-state index in [2.05, 4.69) is 24.8 Å². The van der Waals surface area contributed by atoms with Crippen molar-refractivity contribution in [2.75, 3.05) is 25.1 Å². The third-order valence-corrected chi connectivity index (χ3v) is 4.83. The second-order valence-electron chi connectivity index (χ2n) is 6.47. The van der Waals surface area contributed by atoms with Crippen LogP contribution in [0.1, 0.15) is 13.2 Å². The van der Waals surface area contributed by atoms with Gasteiger partial charge in [-0.15, -0.1) is 0 Å². The summed E-state index contributed by atoms with van der Waals surface area (Å²) >= 11 is 0. The maximum atomic E-state index is 10.9. The van der Waals surface area contributed by atoms with Crippen LogP contribution in [0.15, 0.2) is 24.3 Å². The SMILES string of the molecule is C/C(=C/CNc1ncnc2c1ncn2[C@@H]1O[C@H](COP(=O)(O)O)[C@@H](O)[C@H]1O)CO. The monoisotopic (exact) mass is 431 g/mol. The topological polar surface area (TPSA) is 192 Å². The van der Waals surface area contributed by atoms with Crippen LogP contribution >= 0.6 is 7.82 Å². The van der Waals surface area contributed by atoms with E-state index in [1.54, 1.807) is 13.0 Å². The van der Waals surface area contributed by atoms with Crippen molar-refractivity contribution in [3.63, 3.8) is 0 Å². The first-order valence-corrected chi connectivity index (χ1v) is 10.1. The molecule has 1 saturated heterocycles. The number of rotatable bonds is 8. The molecule has 2 aromatic rings. The Morgan fingerprint density at radius 2 is 2.10 bits per heavy atom. The number of ether oxygens (including phenoxy) is 1. The molecule has 4 atom stereocenters. The number of aromatic nitrogens is 4. The lowest BCUT2D eigenvalue weighted by Crippen LogP contribution is -2.33. The van der Waals surface area contributed by atoms with Gasteiger partial charge in [0.1, 0.15) is 24.6 Å². The number of anilines is 1.